The number of rotatable bonds is 5. The SMILES string of the molecule is CCC(CSC)Nc1cccc(Cl)c1N. The highest BCUT2D eigenvalue weighted by atomic mass is 35.5. The van der Waals surface area contributed by atoms with Crippen LogP contribution in [0.3, 0.4) is 0 Å². The Balaban J connectivity index is 2.74. The lowest BCUT2D eigenvalue weighted by molar-refractivity contribution is 0.775. The minimum absolute atomic E-state index is 0.445. The molecule has 15 heavy (non-hydrogen) atoms. The minimum Gasteiger partial charge on any atom is -0.396 e. The molecule has 0 fully saturated rings. The van der Waals surface area contributed by atoms with Crippen LogP contribution in [-0.4, -0.2) is 18.1 Å². The fourth-order valence-corrected chi connectivity index (χ4v) is 2.24. The normalized spacial score (nSPS) is 12.5. The highest BCUT2D eigenvalue weighted by Gasteiger charge is 2.08. The number of nitrogens with two attached hydrogens (primary N) is 1. The zero-order valence-electron chi connectivity index (χ0n) is 9.09. The summed E-state index contributed by atoms with van der Waals surface area (Å²) in [6.45, 7) is 2.16. The highest BCUT2D eigenvalue weighted by molar-refractivity contribution is 7.98. The van der Waals surface area contributed by atoms with E-state index in [0.717, 1.165) is 17.9 Å². The van der Waals surface area contributed by atoms with E-state index in [2.05, 4.69) is 18.5 Å². The van der Waals surface area contributed by atoms with Crippen LogP contribution in [0.2, 0.25) is 5.02 Å². The van der Waals surface area contributed by atoms with Crippen LogP contribution in [0, 0.1) is 0 Å². The lowest BCUT2D eigenvalue weighted by Crippen LogP contribution is -2.21. The van der Waals surface area contributed by atoms with Crippen molar-refractivity contribution in [2.75, 3.05) is 23.1 Å². The van der Waals surface area contributed by atoms with Crippen LogP contribution < -0.4 is 11.1 Å². The molecule has 0 bridgehead atoms. The maximum absolute atomic E-state index is 5.95. The molecule has 0 spiro atoms. The van der Waals surface area contributed by atoms with Crippen molar-refractivity contribution in [3.05, 3.63) is 23.2 Å². The Bertz CT molecular complexity index is 317. The van der Waals surface area contributed by atoms with Gasteiger partial charge >= 0.3 is 0 Å². The molecular weight excluding hydrogens is 228 g/mol. The summed E-state index contributed by atoms with van der Waals surface area (Å²) in [7, 11) is 0. The summed E-state index contributed by atoms with van der Waals surface area (Å²) in [5, 5.41) is 4.02. The molecule has 0 amide bonds. The van der Waals surface area contributed by atoms with Gasteiger partial charge in [0.2, 0.25) is 0 Å². The third-order valence-corrected chi connectivity index (χ3v) is 3.34. The van der Waals surface area contributed by atoms with Crippen LogP contribution >= 0.6 is 23.4 Å². The van der Waals surface area contributed by atoms with Crippen molar-refractivity contribution < 1.29 is 0 Å². The summed E-state index contributed by atoms with van der Waals surface area (Å²) in [6, 6.07) is 6.12. The molecule has 2 nitrogen and oxygen atoms in total. The Kier molecular flexibility index (Phi) is 5.12. The number of para-hydroxylation sites is 1. The van der Waals surface area contributed by atoms with Gasteiger partial charge in [0, 0.05) is 11.8 Å². The molecule has 0 saturated carbocycles. The molecule has 0 aliphatic rings. The molecule has 0 aromatic heterocycles. The van der Waals surface area contributed by atoms with Crippen LogP contribution in [0.4, 0.5) is 11.4 Å². The highest BCUT2D eigenvalue weighted by Crippen LogP contribution is 2.27. The van der Waals surface area contributed by atoms with Gasteiger partial charge in [-0.15, -0.1) is 0 Å². The van der Waals surface area contributed by atoms with Crippen molar-refractivity contribution in [2.24, 2.45) is 0 Å². The van der Waals surface area contributed by atoms with Crippen molar-refractivity contribution in [3.63, 3.8) is 0 Å². The summed E-state index contributed by atoms with van der Waals surface area (Å²) in [5.74, 6) is 1.07. The van der Waals surface area contributed by atoms with Gasteiger partial charge in [-0.25, -0.2) is 0 Å². The average molecular weight is 245 g/mol. The average Bonchev–Trinajstić information content (AvgIpc) is 2.24. The van der Waals surface area contributed by atoms with Gasteiger partial charge in [-0.05, 0) is 24.8 Å². The van der Waals surface area contributed by atoms with Gasteiger partial charge in [0.05, 0.1) is 16.4 Å². The van der Waals surface area contributed by atoms with Gasteiger partial charge in [0.25, 0.3) is 0 Å². The van der Waals surface area contributed by atoms with Crippen LogP contribution in [0.5, 0.6) is 0 Å². The van der Waals surface area contributed by atoms with Gasteiger partial charge in [-0.2, -0.15) is 11.8 Å². The third kappa shape index (κ3) is 3.50. The van der Waals surface area contributed by atoms with Crippen LogP contribution in [0.1, 0.15) is 13.3 Å². The first-order valence-corrected chi connectivity index (χ1v) is 6.75. The number of halogens is 1. The lowest BCUT2D eigenvalue weighted by Gasteiger charge is -2.18. The number of hydrogen-bond acceptors (Lipinski definition) is 3. The van der Waals surface area contributed by atoms with Crippen molar-refractivity contribution in [1.29, 1.82) is 0 Å². The van der Waals surface area contributed by atoms with Crippen LogP contribution in [0.15, 0.2) is 18.2 Å². The zero-order valence-corrected chi connectivity index (χ0v) is 10.7. The topological polar surface area (TPSA) is 38.0 Å². The second-order valence-corrected chi connectivity index (χ2v) is 4.72. The van der Waals surface area contributed by atoms with Crippen molar-refractivity contribution in [3.8, 4) is 0 Å². The summed E-state index contributed by atoms with van der Waals surface area (Å²) >= 11 is 7.77. The fraction of sp³-hybridized carbons (Fsp3) is 0.455. The number of nitrogen functional groups attached to an aromatic ring is 1. The quantitative estimate of drug-likeness (QED) is 0.779. The van der Waals surface area contributed by atoms with Crippen molar-refractivity contribution in [2.45, 2.75) is 19.4 Å². The predicted molar refractivity (Wildman–Crippen MR) is 71.9 cm³/mol. The van der Waals surface area contributed by atoms with Gasteiger partial charge in [0.15, 0.2) is 0 Å². The minimum atomic E-state index is 0.445. The van der Waals surface area contributed by atoms with E-state index in [0.29, 0.717) is 16.8 Å². The molecular formula is C11H17ClN2S. The van der Waals surface area contributed by atoms with Gasteiger partial charge in [0.1, 0.15) is 0 Å². The molecule has 1 aromatic rings. The van der Waals surface area contributed by atoms with Crippen LogP contribution in [0.25, 0.3) is 0 Å². The number of hydrogen-bond donors (Lipinski definition) is 2. The van der Waals surface area contributed by atoms with E-state index >= 15 is 0 Å². The molecule has 0 aliphatic heterocycles. The summed E-state index contributed by atoms with van der Waals surface area (Å²) in [5.41, 5.74) is 7.45. The molecule has 1 unspecified atom stereocenters. The molecule has 84 valence electrons. The van der Waals surface area contributed by atoms with E-state index in [9.17, 15) is 0 Å². The number of benzene rings is 1. The monoisotopic (exact) mass is 244 g/mol. The van der Waals surface area contributed by atoms with E-state index in [1.165, 1.54) is 0 Å². The van der Waals surface area contributed by atoms with Gasteiger partial charge < -0.3 is 11.1 Å². The third-order valence-electron chi connectivity index (χ3n) is 2.27. The second-order valence-electron chi connectivity index (χ2n) is 3.41. The Hall–Kier alpha value is -0.540. The van der Waals surface area contributed by atoms with Gasteiger partial charge in [-0.1, -0.05) is 24.6 Å². The predicted octanol–water partition coefficient (Wildman–Crippen LogP) is 3.48. The molecule has 0 saturated heterocycles. The van der Waals surface area contributed by atoms with Crippen molar-refractivity contribution in [1.82, 2.24) is 0 Å². The Morgan fingerprint density at radius 2 is 2.27 bits per heavy atom. The summed E-state index contributed by atoms with van der Waals surface area (Å²) in [4.78, 5) is 0. The fourth-order valence-electron chi connectivity index (χ4n) is 1.35. The molecule has 4 heteroatoms. The van der Waals surface area contributed by atoms with Gasteiger partial charge in [-0.3, -0.25) is 0 Å². The molecule has 0 heterocycles. The number of anilines is 2. The number of nitrogens with one attached hydrogen (secondary N) is 1. The molecule has 1 aromatic carbocycles. The smallest absolute Gasteiger partial charge is 0.0739 e. The maximum atomic E-state index is 5.95. The standard InChI is InChI=1S/C11H17ClN2S/c1-3-8(7-15-2)14-10-6-4-5-9(12)11(10)13/h4-6,8,14H,3,7,13H2,1-2H3. The lowest BCUT2D eigenvalue weighted by atomic mass is 10.2. The zero-order chi connectivity index (χ0) is 11.3. The molecule has 0 aliphatic carbocycles. The van der Waals surface area contributed by atoms with Crippen molar-refractivity contribution >= 4 is 34.7 Å². The maximum Gasteiger partial charge on any atom is 0.0739 e. The van der Waals surface area contributed by atoms with E-state index in [1.807, 2.05) is 23.9 Å². The largest absolute Gasteiger partial charge is 0.396 e. The van der Waals surface area contributed by atoms with E-state index in [4.69, 9.17) is 17.3 Å². The Labute approximate surface area is 101 Å². The summed E-state index contributed by atoms with van der Waals surface area (Å²) < 4.78 is 0. The van der Waals surface area contributed by atoms with E-state index < -0.39 is 0 Å². The molecule has 1 atom stereocenters. The van der Waals surface area contributed by atoms with E-state index in [-0.39, 0.29) is 0 Å². The first-order chi connectivity index (χ1) is 7.19. The Morgan fingerprint density at radius 1 is 1.53 bits per heavy atom. The second kappa shape index (κ2) is 6.13. The Morgan fingerprint density at radius 3 is 2.87 bits per heavy atom. The molecule has 1 rings (SSSR count). The number of thioether (sulfide) groups is 1. The van der Waals surface area contributed by atoms with E-state index in [1.54, 1.807) is 6.07 Å². The molecule has 3 N–H and O–H groups in total. The first-order valence-electron chi connectivity index (χ1n) is 4.98. The molecule has 0 radical (unpaired) electrons. The summed E-state index contributed by atoms with van der Waals surface area (Å²) in [6.07, 6.45) is 3.18. The van der Waals surface area contributed by atoms with Crippen LogP contribution in [-0.2, 0) is 0 Å². The first kappa shape index (κ1) is 12.5.